The first kappa shape index (κ1) is 13.8. The predicted molar refractivity (Wildman–Crippen MR) is 73.3 cm³/mol. The molecule has 0 spiro atoms. The third kappa shape index (κ3) is 4.23. The lowest BCUT2D eigenvalue weighted by molar-refractivity contribution is -0.384. The molecule has 3 nitrogen and oxygen atoms in total. The van der Waals surface area contributed by atoms with Gasteiger partial charge in [0, 0.05) is 23.1 Å². The van der Waals surface area contributed by atoms with E-state index in [1.807, 2.05) is 13.0 Å². The van der Waals surface area contributed by atoms with E-state index in [-0.39, 0.29) is 10.6 Å². The highest BCUT2D eigenvalue weighted by Gasteiger charge is 2.08. The molecule has 4 heteroatoms. The van der Waals surface area contributed by atoms with Gasteiger partial charge in [-0.2, -0.15) is 0 Å². The number of nitrogens with zero attached hydrogens (tertiary/aromatic N) is 1. The second-order valence-corrected chi connectivity index (χ2v) is 5.24. The van der Waals surface area contributed by atoms with Crippen LogP contribution in [0.1, 0.15) is 26.3 Å². The zero-order valence-corrected chi connectivity index (χ0v) is 11.2. The zero-order chi connectivity index (χ0) is 12.8. The van der Waals surface area contributed by atoms with E-state index >= 15 is 0 Å². The highest BCUT2D eigenvalue weighted by Crippen LogP contribution is 2.24. The van der Waals surface area contributed by atoms with Crippen molar-refractivity contribution in [2.45, 2.75) is 31.8 Å². The lowest BCUT2D eigenvalue weighted by atomic mass is 10.2. The molecule has 0 bridgehead atoms. The summed E-state index contributed by atoms with van der Waals surface area (Å²) in [5.41, 5.74) is 2.50. The van der Waals surface area contributed by atoms with E-state index in [1.165, 1.54) is 11.6 Å². The highest BCUT2D eigenvalue weighted by atomic mass is 32.2. The highest BCUT2D eigenvalue weighted by molar-refractivity contribution is 7.99. The van der Waals surface area contributed by atoms with Crippen molar-refractivity contribution in [1.29, 1.82) is 0 Å². The summed E-state index contributed by atoms with van der Waals surface area (Å²) in [7, 11) is 0. The maximum absolute atomic E-state index is 10.6. The Morgan fingerprint density at radius 1 is 1.59 bits per heavy atom. The van der Waals surface area contributed by atoms with Crippen LogP contribution in [0.2, 0.25) is 0 Å². The van der Waals surface area contributed by atoms with E-state index in [0.717, 1.165) is 11.3 Å². The van der Waals surface area contributed by atoms with Gasteiger partial charge in [-0.3, -0.25) is 10.1 Å². The lowest BCUT2D eigenvalue weighted by Crippen LogP contribution is -1.98. The number of nitro benzene ring substituents is 1. The minimum absolute atomic E-state index is 0.165. The molecule has 1 rings (SSSR count). The molecular formula is C13H17NO2S. The van der Waals surface area contributed by atoms with Crippen molar-refractivity contribution < 1.29 is 4.92 Å². The molecule has 0 aliphatic rings. The van der Waals surface area contributed by atoms with Crippen LogP contribution < -0.4 is 0 Å². The molecule has 0 aromatic heterocycles. The van der Waals surface area contributed by atoms with E-state index in [9.17, 15) is 10.1 Å². The summed E-state index contributed by atoms with van der Waals surface area (Å²) in [5, 5.41) is 11.1. The van der Waals surface area contributed by atoms with Crippen molar-refractivity contribution in [3.8, 4) is 0 Å². The van der Waals surface area contributed by atoms with Crippen LogP contribution in [0.3, 0.4) is 0 Å². The summed E-state index contributed by atoms with van der Waals surface area (Å²) < 4.78 is 0. The number of hydrogen-bond donors (Lipinski definition) is 0. The van der Waals surface area contributed by atoms with Crippen LogP contribution in [-0.2, 0) is 5.75 Å². The summed E-state index contributed by atoms with van der Waals surface area (Å²) in [6.45, 7) is 6.28. The first-order valence-electron chi connectivity index (χ1n) is 5.52. The van der Waals surface area contributed by atoms with E-state index < -0.39 is 0 Å². The van der Waals surface area contributed by atoms with Crippen LogP contribution in [0.15, 0.2) is 35.9 Å². The number of nitro groups is 1. The molecule has 0 saturated heterocycles. The minimum Gasteiger partial charge on any atom is -0.258 e. The second kappa shape index (κ2) is 6.45. The molecule has 0 radical (unpaired) electrons. The lowest BCUT2D eigenvalue weighted by Gasteiger charge is -2.11. The molecule has 0 N–H and O–H groups in total. The Hall–Kier alpha value is -1.29. The van der Waals surface area contributed by atoms with Gasteiger partial charge in [0.15, 0.2) is 0 Å². The minimum atomic E-state index is -0.352. The number of non-ortho nitro benzene ring substituents is 1. The number of thioether (sulfide) groups is 1. The van der Waals surface area contributed by atoms with Gasteiger partial charge >= 0.3 is 0 Å². The fourth-order valence-corrected chi connectivity index (χ4v) is 2.37. The quantitative estimate of drug-likeness (QED) is 0.448. The van der Waals surface area contributed by atoms with Gasteiger partial charge in [0.25, 0.3) is 5.69 Å². The third-order valence-electron chi connectivity index (χ3n) is 2.72. The molecule has 0 saturated carbocycles. The average Bonchev–Trinajstić information content (AvgIpc) is 2.35. The van der Waals surface area contributed by atoms with Crippen LogP contribution in [-0.4, -0.2) is 10.2 Å². The summed E-state index contributed by atoms with van der Waals surface area (Å²) >= 11 is 1.79. The first-order chi connectivity index (χ1) is 8.04. The maximum atomic E-state index is 10.6. The number of allylic oxidation sites excluding steroid dienone is 1. The van der Waals surface area contributed by atoms with Crippen molar-refractivity contribution in [3.05, 3.63) is 51.6 Å². The zero-order valence-electron chi connectivity index (χ0n) is 10.3. The van der Waals surface area contributed by atoms with Crippen LogP contribution in [0, 0.1) is 10.1 Å². The Labute approximate surface area is 106 Å². The first-order valence-corrected chi connectivity index (χ1v) is 6.57. The molecule has 1 atom stereocenters. The van der Waals surface area contributed by atoms with Gasteiger partial charge < -0.3 is 0 Å². The topological polar surface area (TPSA) is 43.1 Å². The van der Waals surface area contributed by atoms with E-state index in [1.54, 1.807) is 23.9 Å². The van der Waals surface area contributed by atoms with Gasteiger partial charge in [0.1, 0.15) is 0 Å². The molecule has 1 aromatic rings. The van der Waals surface area contributed by atoms with Crippen LogP contribution in [0.5, 0.6) is 0 Å². The second-order valence-electron chi connectivity index (χ2n) is 3.91. The van der Waals surface area contributed by atoms with Crippen molar-refractivity contribution in [2.24, 2.45) is 0 Å². The van der Waals surface area contributed by atoms with Crippen molar-refractivity contribution in [1.82, 2.24) is 0 Å². The SMILES string of the molecule is C/C=C(\C)C(C)SCc1cccc([N+](=O)[O-])c1. The Bertz CT molecular complexity index is 429. The molecule has 0 aliphatic carbocycles. The van der Waals surface area contributed by atoms with Crippen molar-refractivity contribution in [3.63, 3.8) is 0 Å². The molecule has 92 valence electrons. The summed E-state index contributed by atoms with van der Waals surface area (Å²) in [5.74, 6) is 0.800. The van der Waals surface area contributed by atoms with Gasteiger partial charge in [-0.15, -0.1) is 11.8 Å². The monoisotopic (exact) mass is 251 g/mol. The molecule has 1 aromatic carbocycles. The van der Waals surface area contributed by atoms with Crippen LogP contribution in [0.25, 0.3) is 0 Å². The molecule has 0 heterocycles. The molecular weight excluding hydrogens is 234 g/mol. The van der Waals surface area contributed by atoms with E-state index in [4.69, 9.17) is 0 Å². The Morgan fingerprint density at radius 2 is 2.29 bits per heavy atom. The van der Waals surface area contributed by atoms with E-state index in [0.29, 0.717) is 5.25 Å². The maximum Gasteiger partial charge on any atom is 0.269 e. The third-order valence-corrected chi connectivity index (χ3v) is 4.09. The number of hydrogen-bond acceptors (Lipinski definition) is 3. The molecule has 17 heavy (non-hydrogen) atoms. The smallest absolute Gasteiger partial charge is 0.258 e. The largest absolute Gasteiger partial charge is 0.269 e. The van der Waals surface area contributed by atoms with Gasteiger partial charge in [-0.05, 0) is 26.3 Å². The standard InChI is InChI=1S/C13H17NO2S/c1-4-10(2)11(3)17-9-12-6-5-7-13(8-12)14(15)16/h4-8,11H,9H2,1-3H3/b10-4+. The van der Waals surface area contributed by atoms with Gasteiger partial charge in [-0.1, -0.05) is 23.8 Å². The van der Waals surface area contributed by atoms with Gasteiger partial charge in [-0.25, -0.2) is 0 Å². The fraction of sp³-hybridized carbons (Fsp3) is 0.385. The molecule has 0 amide bonds. The fourth-order valence-electron chi connectivity index (χ4n) is 1.35. The van der Waals surface area contributed by atoms with Gasteiger partial charge in [0.2, 0.25) is 0 Å². The normalized spacial score (nSPS) is 13.5. The predicted octanol–water partition coefficient (Wildman–Crippen LogP) is 4.18. The summed E-state index contributed by atoms with van der Waals surface area (Å²) in [4.78, 5) is 10.3. The number of benzene rings is 1. The van der Waals surface area contributed by atoms with Gasteiger partial charge in [0.05, 0.1) is 4.92 Å². The van der Waals surface area contributed by atoms with Crippen molar-refractivity contribution >= 4 is 17.4 Å². The number of rotatable bonds is 5. The van der Waals surface area contributed by atoms with E-state index in [2.05, 4.69) is 19.9 Å². The average molecular weight is 251 g/mol. The van der Waals surface area contributed by atoms with Crippen molar-refractivity contribution in [2.75, 3.05) is 0 Å². The summed E-state index contributed by atoms with van der Waals surface area (Å²) in [6.07, 6.45) is 2.10. The Morgan fingerprint density at radius 3 is 2.88 bits per heavy atom. The summed E-state index contributed by atoms with van der Waals surface area (Å²) in [6, 6.07) is 6.83. The molecule has 0 fully saturated rings. The van der Waals surface area contributed by atoms with Crippen LogP contribution >= 0.6 is 11.8 Å². The van der Waals surface area contributed by atoms with Crippen LogP contribution in [0.4, 0.5) is 5.69 Å². The Balaban J connectivity index is 2.64. The molecule has 1 unspecified atom stereocenters. The Kier molecular flexibility index (Phi) is 5.22. The molecule has 0 aliphatic heterocycles.